The average molecular weight is 316 g/mol. The highest BCUT2D eigenvalue weighted by Crippen LogP contribution is 2.13. The van der Waals surface area contributed by atoms with Crippen LogP contribution in [0.3, 0.4) is 0 Å². The Morgan fingerprint density at radius 2 is 1.59 bits per heavy atom. The summed E-state index contributed by atoms with van der Waals surface area (Å²) >= 11 is 0. The van der Waals surface area contributed by atoms with Crippen molar-refractivity contribution in [2.24, 2.45) is 11.8 Å². The summed E-state index contributed by atoms with van der Waals surface area (Å²) in [5.74, 6) is 0.211. The van der Waals surface area contributed by atoms with Crippen LogP contribution in [0.4, 0.5) is 4.79 Å². The molecule has 0 fully saturated rings. The third kappa shape index (κ3) is 8.22. The topological polar surface area (TPSA) is 76.7 Å². The molecule has 22 heavy (non-hydrogen) atoms. The molecule has 0 aliphatic rings. The SMILES string of the molecule is COC(=O)C(C)(C)NCC(CNC(=O)OC(C)(C)C)C(C)C. The molecule has 0 aliphatic carbocycles. The Morgan fingerprint density at radius 1 is 1.05 bits per heavy atom. The van der Waals surface area contributed by atoms with Crippen molar-refractivity contribution in [3.8, 4) is 0 Å². The Kier molecular flexibility index (Phi) is 7.87. The molecule has 6 heteroatoms. The molecule has 0 rings (SSSR count). The molecule has 2 N–H and O–H groups in total. The number of alkyl carbamates (subject to hydrolysis) is 1. The van der Waals surface area contributed by atoms with Crippen LogP contribution in [-0.2, 0) is 14.3 Å². The van der Waals surface area contributed by atoms with E-state index in [9.17, 15) is 9.59 Å². The number of carbonyl (C=O) groups is 2. The Bertz CT molecular complexity index is 373. The maximum Gasteiger partial charge on any atom is 0.407 e. The van der Waals surface area contributed by atoms with Gasteiger partial charge in [-0.15, -0.1) is 0 Å². The summed E-state index contributed by atoms with van der Waals surface area (Å²) in [4.78, 5) is 23.4. The minimum atomic E-state index is -0.756. The molecule has 0 aromatic heterocycles. The summed E-state index contributed by atoms with van der Waals surface area (Å²) in [6.45, 7) is 14.3. The standard InChI is InChI=1S/C16H32N2O4/c1-11(2)12(9-17-14(20)22-15(3,4)5)10-18-16(6,7)13(19)21-8/h11-12,18H,9-10H2,1-8H3,(H,17,20). The van der Waals surface area contributed by atoms with Crippen molar-refractivity contribution >= 4 is 12.1 Å². The van der Waals surface area contributed by atoms with E-state index in [1.165, 1.54) is 7.11 Å². The molecule has 0 saturated carbocycles. The lowest BCUT2D eigenvalue weighted by Crippen LogP contribution is -2.51. The fourth-order valence-electron chi connectivity index (χ4n) is 1.79. The highest BCUT2D eigenvalue weighted by Gasteiger charge is 2.29. The van der Waals surface area contributed by atoms with E-state index in [0.29, 0.717) is 19.0 Å². The van der Waals surface area contributed by atoms with Gasteiger partial charge in [-0.3, -0.25) is 4.79 Å². The van der Waals surface area contributed by atoms with Crippen molar-refractivity contribution < 1.29 is 19.1 Å². The molecule has 1 atom stereocenters. The number of nitrogens with one attached hydrogen (secondary N) is 2. The number of hydrogen-bond acceptors (Lipinski definition) is 5. The van der Waals surface area contributed by atoms with Gasteiger partial charge < -0.3 is 20.1 Å². The maximum absolute atomic E-state index is 11.7. The number of amides is 1. The van der Waals surface area contributed by atoms with Crippen LogP contribution in [0.1, 0.15) is 48.5 Å². The normalized spacial score (nSPS) is 13.7. The van der Waals surface area contributed by atoms with Gasteiger partial charge in [-0.1, -0.05) is 13.8 Å². The molecule has 1 unspecified atom stereocenters. The largest absolute Gasteiger partial charge is 0.468 e. The minimum Gasteiger partial charge on any atom is -0.468 e. The first-order chi connectivity index (χ1) is 9.89. The molecular weight excluding hydrogens is 284 g/mol. The molecule has 0 bridgehead atoms. The van der Waals surface area contributed by atoms with Gasteiger partial charge in [-0.05, 0) is 46.5 Å². The summed E-state index contributed by atoms with van der Waals surface area (Å²) in [6.07, 6.45) is -0.426. The van der Waals surface area contributed by atoms with Crippen LogP contribution in [0.15, 0.2) is 0 Å². The highest BCUT2D eigenvalue weighted by atomic mass is 16.6. The highest BCUT2D eigenvalue weighted by molar-refractivity contribution is 5.79. The van der Waals surface area contributed by atoms with Crippen molar-refractivity contribution in [2.45, 2.75) is 59.6 Å². The maximum atomic E-state index is 11.7. The van der Waals surface area contributed by atoms with Gasteiger partial charge in [0.25, 0.3) is 0 Å². The van der Waals surface area contributed by atoms with Crippen LogP contribution in [0, 0.1) is 11.8 Å². The number of esters is 1. The van der Waals surface area contributed by atoms with E-state index in [2.05, 4.69) is 24.5 Å². The van der Waals surface area contributed by atoms with Crippen molar-refractivity contribution in [1.29, 1.82) is 0 Å². The second-order valence-electron chi connectivity index (χ2n) is 7.38. The molecule has 6 nitrogen and oxygen atoms in total. The van der Waals surface area contributed by atoms with Crippen molar-refractivity contribution in [1.82, 2.24) is 10.6 Å². The number of ether oxygens (including phenoxy) is 2. The van der Waals surface area contributed by atoms with E-state index in [4.69, 9.17) is 9.47 Å². The van der Waals surface area contributed by atoms with Crippen molar-refractivity contribution in [3.63, 3.8) is 0 Å². The van der Waals surface area contributed by atoms with Gasteiger partial charge in [0.05, 0.1) is 7.11 Å². The molecule has 0 spiro atoms. The fraction of sp³-hybridized carbons (Fsp3) is 0.875. The predicted octanol–water partition coefficient (Wildman–Crippen LogP) is 2.32. The fourth-order valence-corrected chi connectivity index (χ4v) is 1.79. The second-order valence-corrected chi connectivity index (χ2v) is 7.38. The van der Waals surface area contributed by atoms with Crippen molar-refractivity contribution in [3.05, 3.63) is 0 Å². The minimum absolute atomic E-state index is 0.177. The zero-order valence-corrected chi connectivity index (χ0v) is 15.2. The lowest BCUT2D eigenvalue weighted by molar-refractivity contribution is -0.147. The first kappa shape index (κ1) is 20.7. The Labute approximate surface area is 134 Å². The van der Waals surface area contributed by atoms with Gasteiger partial charge in [0.2, 0.25) is 0 Å². The van der Waals surface area contributed by atoms with E-state index < -0.39 is 17.2 Å². The Hall–Kier alpha value is -1.30. The summed E-state index contributed by atoms with van der Waals surface area (Å²) in [6, 6.07) is 0. The van der Waals surface area contributed by atoms with Gasteiger partial charge in [0, 0.05) is 13.1 Å². The molecule has 130 valence electrons. The van der Waals surface area contributed by atoms with Crippen LogP contribution in [-0.4, -0.2) is 43.4 Å². The summed E-state index contributed by atoms with van der Waals surface area (Å²) < 4.78 is 9.99. The van der Waals surface area contributed by atoms with Gasteiger partial charge in [0.1, 0.15) is 11.1 Å². The number of rotatable bonds is 7. The summed E-state index contributed by atoms with van der Waals surface area (Å²) in [7, 11) is 1.37. The smallest absolute Gasteiger partial charge is 0.407 e. The number of hydrogen-bond donors (Lipinski definition) is 2. The molecule has 0 radical (unpaired) electrons. The van der Waals surface area contributed by atoms with Gasteiger partial charge in [-0.2, -0.15) is 0 Å². The third-order valence-electron chi connectivity index (χ3n) is 3.35. The molecule has 0 aromatic carbocycles. The van der Waals surface area contributed by atoms with E-state index in [1.807, 2.05) is 20.8 Å². The van der Waals surface area contributed by atoms with Crippen LogP contribution in [0.25, 0.3) is 0 Å². The summed E-state index contributed by atoms with van der Waals surface area (Å²) in [5.41, 5.74) is -1.27. The molecular formula is C16H32N2O4. The van der Waals surface area contributed by atoms with Gasteiger partial charge in [0.15, 0.2) is 0 Å². The van der Waals surface area contributed by atoms with E-state index in [-0.39, 0.29) is 11.9 Å². The molecule has 0 aromatic rings. The van der Waals surface area contributed by atoms with E-state index in [0.717, 1.165) is 0 Å². The predicted molar refractivity (Wildman–Crippen MR) is 86.7 cm³/mol. The second kappa shape index (κ2) is 8.36. The Balaban J connectivity index is 4.45. The van der Waals surface area contributed by atoms with Crippen molar-refractivity contribution in [2.75, 3.05) is 20.2 Å². The first-order valence-corrected chi connectivity index (χ1v) is 7.69. The van der Waals surface area contributed by atoms with Gasteiger partial charge in [-0.25, -0.2) is 4.79 Å². The number of carbonyl (C=O) groups excluding carboxylic acids is 2. The first-order valence-electron chi connectivity index (χ1n) is 7.69. The number of methoxy groups -OCH3 is 1. The van der Waals surface area contributed by atoms with Crippen LogP contribution in [0.2, 0.25) is 0 Å². The van der Waals surface area contributed by atoms with Crippen LogP contribution < -0.4 is 10.6 Å². The average Bonchev–Trinajstić information content (AvgIpc) is 2.34. The van der Waals surface area contributed by atoms with E-state index in [1.54, 1.807) is 13.8 Å². The van der Waals surface area contributed by atoms with Crippen LogP contribution >= 0.6 is 0 Å². The molecule has 0 heterocycles. The molecule has 1 amide bonds. The molecule has 0 aliphatic heterocycles. The van der Waals surface area contributed by atoms with E-state index >= 15 is 0 Å². The quantitative estimate of drug-likeness (QED) is 0.705. The Morgan fingerprint density at radius 3 is 2.00 bits per heavy atom. The molecule has 0 saturated heterocycles. The van der Waals surface area contributed by atoms with Gasteiger partial charge >= 0.3 is 12.1 Å². The zero-order chi connectivity index (χ0) is 17.6. The third-order valence-corrected chi connectivity index (χ3v) is 3.35. The monoisotopic (exact) mass is 316 g/mol. The van der Waals surface area contributed by atoms with Crippen LogP contribution in [0.5, 0.6) is 0 Å². The summed E-state index contributed by atoms with van der Waals surface area (Å²) in [5, 5.41) is 5.98. The lowest BCUT2D eigenvalue weighted by Gasteiger charge is -2.29. The lowest BCUT2D eigenvalue weighted by atomic mass is 9.94. The zero-order valence-electron chi connectivity index (χ0n) is 15.2.